The first-order valence-electron chi connectivity index (χ1n) is 10.3. The van der Waals surface area contributed by atoms with Gasteiger partial charge in [-0.05, 0) is 56.0 Å². The molecule has 1 atom stereocenters. The van der Waals surface area contributed by atoms with Crippen LogP contribution >= 0.6 is 0 Å². The lowest BCUT2D eigenvalue weighted by Gasteiger charge is -2.19. The minimum atomic E-state index is -0.257. The van der Waals surface area contributed by atoms with Crippen molar-refractivity contribution in [3.05, 3.63) is 70.9 Å². The van der Waals surface area contributed by atoms with Crippen molar-refractivity contribution < 1.29 is 13.9 Å². The van der Waals surface area contributed by atoms with Gasteiger partial charge >= 0.3 is 0 Å². The highest BCUT2D eigenvalue weighted by atomic mass is 16.5. The van der Waals surface area contributed by atoms with Crippen LogP contribution in [0.5, 0.6) is 5.75 Å². The normalized spacial score (nSPS) is 12.6. The molecule has 0 spiro atoms. The molecule has 30 heavy (non-hydrogen) atoms. The van der Waals surface area contributed by atoms with Crippen molar-refractivity contribution >= 4 is 5.91 Å². The number of rotatable bonds is 7. The van der Waals surface area contributed by atoms with E-state index in [1.165, 1.54) is 5.56 Å². The van der Waals surface area contributed by atoms with Gasteiger partial charge in [-0.3, -0.25) is 9.48 Å². The molecule has 0 radical (unpaired) electrons. The Balaban J connectivity index is 1.57. The standard InChI is InChI=1S/C24H31N3O3/c1-7-27-17(3)21(14-25-27)16(2)26-23(28)22-13-12-20(30-22)15-29-19-10-8-18(9-11-19)24(4,5)6/h8-14,16H,7,15H2,1-6H3,(H,26,28). The fourth-order valence-electron chi connectivity index (χ4n) is 3.33. The molecule has 0 saturated heterocycles. The Morgan fingerprint density at radius 1 is 1.20 bits per heavy atom. The molecule has 160 valence electrons. The molecule has 0 fully saturated rings. The van der Waals surface area contributed by atoms with Gasteiger partial charge in [-0.1, -0.05) is 32.9 Å². The molecule has 2 aromatic heterocycles. The molecule has 1 amide bonds. The van der Waals surface area contributed by atoms with Crippen LogP contribution in [0.4, 0.5) is 0 Å². The molecule has 2 heterocycles. The molecule has 0 aliphatic heterocycles. The van der Waals surface area contributed by atoms with Crippen LogP contribution in [-0.4, -0.2) is 15.7 Å². The Morgan fingerprint density at radius 2 is 1.90 bits per heavy atom. The van der Waals surface area contributed by atoms with Gasteiger partial charge in [0.25, 0.3) is 5.91 Å². The molecular formula is C24H31N3O3. The van der Waals surface area contributed by atoms with Gasteiger partial charge in [0.2, 0.25) is 0 Å². The van der Waals surface area contributed by atoms with Crippen molar-refractivity contribution in [2.24, 2.45) is 0 Å². The first-order valence-corrected chi connectivity index (χ1v) is 10.3. The highest BCUT2D eigenvalue weighted by molar-refractivity contribution is 5.91. The first kappa shape index (κ1) is 21.7. The summed E-state index contributed by atoms with van der Waals surface area (Å²) in [6, 6.07) is 11.3. The van der Waals surface area contributed by atoms with E-state index in [-0.39, 0.29) is 29.7 Å². The number of aromatic nitrogens is 2. The third kappa shape index (κ3) is 4.93. The minimum absolute atomic E-state index is 0.104. The van der Waals surface area contributed by atoms with Gasteiger partial charge < -0.3 is 14.5 Å². The monoisotopic (exact) mass is 409 g/mol. The van der Waals surface area contributed by atoms with Gasteiger partial charge in [0, 0.05) is 17.8 Å². The summed E-state index contributed by atoms with van der Waals surface area (Å²) in [5.41, 5.74) is 3.41. The number of ether oxygens (including phenoxy) is 1. The first-order chi connectivity index (χ1) is 14.2. The summed E-state index contributed by atoms with van der Waals surface area (Å²) in [7, 11) is 0. The molecule has 3 aromatic rings. The molecule has 0 bridgehead atoms. The summed E-state index contributed by atoms with van der Waals surface area (Å²) in [5.74, 6) is 1.38. The smallest absolute Gasteiger partial charge is 0.287 e. The van der Waals surface area contributed by atoms with E-state index in [1.807, 2.05) is 37.6 Å². The largest absolute Gasteiger partial charge is 0.486 e. The predicted octanol–water partition coefficient (Wildman–Crippen LogP) is 5.17. The third-order valence-electron chi connectivity index (χ3n) is 5.24. The van der Waals surface area contributed by atoms with E-state index in [9.17, 15) is 4.79 Å². The van der Waals surface area contributed by atoms with Gasteiger partial charge in [0.1, 0.15) is 18.1 Å². The summed E-state index contributed by atoms with van der Waals surface area (Å²) < 4.78 is 13.4. The molecule has 6 heteroatoms. The Hall–Kier alpha value is -3.02. The van der Waals surface area contributed by atoms with Crippen LogP contribution in [0.1, 0.15) is 73.8 Å². The number of furan rings is 1. The molecular weight excluding hydrogens is 378 g/mol. The van der Waals surface area contributed by atoms with Crippen LogP contribution in [0.2, 0.25) is 0 Å². The summed E-state index contributed by atoms with van der Waals surface area (Å²) in [6.45, 7) is 13.6. The lowest BCUT2D eigenvalue weighted by molar-refractivity contribution is 0.0907. The van der Waals surface area contributed by atoms with Crippen molar-refractivity contribution in [3.63, 3.8) is 0 Å². The number of carbonyl (C=O) groups excluding carboxylic acids is 1. The number of carbonyl (C=O) groups is 1. The summed E-state index contributed by atoms with van der Waals surface area (Å²) in [5, 5.41) is 7.31. The van der Waals surface area contributed by atoms with E-state index < -0.39 is 0 Å². The number of hydrogen-bond donors (Lipinski definition) is 1. The van der Waals surface area contributed by atoms with E-state index in [0.29, 0.717) is 5.76 Å². The predicted molar refractivity (Wildman–Crippen MR) is 117 cm³/mol. The Labute approximate surface area is 178 Å². The topological polar surface area (TPSA) is 69.3 Å². The minimum Gasteiger partial charge on any atom is -0.486 e. The number of hydrogen-bond acceptors (Lipinski definition) is 4. The number of nitrogens with zero attached hydrogens (tertiary/aromatic N) is 2. The summed E-state index contributed by atoms with van der Waals surface area (Å²) in [6.07, 6.45) is 1.80. The van der Waals surface area contributed by atoms with E-state index in [4.69, 9.17) is 9.15 Å². The van der Waals surface area contributed by atoms with Crippen molar-refractivity contribution in [2.45, 2.75) is 66.2 Å². The van der Waals surface area contributed by atoms with Crippen molar-refractivity contribution in [2.75, 3.05) is 0 Å². The van der Waals surface area contributed by atoms with Crippen molar-refractivity contribution in [3.8, 4) is 5.75 Å². The van der Waals surface area contributed by atoms with Crippen LogP contribution in [0.3, 0.4) is 0 Å². The zero-order valence-electron chi connectivity index (χ0n) is 18.7. The average molecular weight is 410 g/mol. The second kappa shape index (κ2) is 8.78. The lowest BCUT2D eigenvalue weighted by atomic mass is 9.87. The maximum Gasteiger partial charge on any atom is 0.287 e. The van der Waals surface area contributed by atoms with E-state index in [0.717, 1.165) is 23.6 Å². The Kier molecular flexibility index (Phi) is 6.34. The van der Waals surface area contributed by atoms with Crippen LogP contribution in [-0.2, 0) is 18.6 Å². The van der Waals surface area contributed by atoms with Gasteiger partial charge in [-0.2, -0.15) is 5.10 Å². The molecule has 6 nitrogen and oxygen atoms in total. The lowest BCUT2D eigenvalue weighted by Crippen LogP contribution is -2.26. The Bertz CT molecular complexity index is 994. The summed E-state index contributed by atoms with van der Waals surface area (Å²) >= 11 is 0. The third-order valence-corrected chi connectivity index (χ3v) is 5.24. The zero-order valence-corrected chi connectivity index (χ0v) is 18.7. The van der Waals surface area contributed by atoms with Gasteiger partial charge in [-0.25, -0.2) is 0 Å². The fourth-order valence-corrected chi connectivity index (χ4v) is 3.33. The average Bonchev–Trinajstić information content (AvgIpc) is 3.32. The number of amides is 1. The quantitative estimate of drug-likeness (QED) is 0.584. The second-order valence-corrected chi connectivity index (χ2v) is 8.53. The number of aryl methyl sites for hydroxylation is 1. The van der Waals surface area contributed by atoms with E-state index in [1.54, 1.807) is 18.3 Å². The molecule has 3 rings (SSSR count). The highest BCUT2D eigenvalue weighted by Crippen LogP contribution is 2.25. The zero-order chi connectivity index (χ0) is 21.9. The van der Waals surface area contributed by atoms with E-state index in [2.05, 4.69) is 43.3 Å². The maximum atomic E-state index is 12.6. The second-order valence-electron chi connectivity index (χ2n) is 8.53. The molecule has 1 unspecified atom stereocenters. The molecule has 1 aromatic carbocycles. The van der Waals surface area contributed by atoms with Gasteiger partial charge in [0.15, 0.2) is 5.76 Å². The highest BCUT2D eigenvalue weighted by Gasteiger charge is 2.18. The SMILES string of the molecule is CCn1ncc(C(C)NC(=O)c2ccc(COc3ccc(C(C)(C)C)cc3)o2)c1C. The van der Waals surface area contributed by atoms with Crippen molar-refractivity contribution in [1.29, 1.82) is 0 Å². The molecule has 0 aliphatic rings. The van der Waals surface area contributed by atoms with Gasteiger partial charge in [0.05, 0.1) is 12.2 Å². The van der Waals surface area contributed by atoms with Crippen LogP contribution in [0.25, 0.3) is 0 Å². The number of nitrogens with one attached hydrogen (secondary N) is 1. The van der Waals surface area contributed by atoms with Crippen LogP contribution in [0.15, 0.2) is 47.0 Å². The number of benzene rings is 1. The Morgan fingerprint density at radius 3 is 2.50 bits per heavy atom. The van der Waals surface area contributed by atoms with Crippen LogP contribution < -0.4 is 10.1 Å². The van der Waals surface area contributed by atoms with Crippen molar-refractivity contribution in [1.82, 2.24) is 15.1 Å². The molecule has 0 aliphatic carbocycles. The van der Waals surface area contributed by atoms with Crippen LogP contribution in [0, 0.1) is 6.92 Å². The fraction of sp³-hybridized carbons (Fsp3) is 0.417. The summed E-state index contributed by atoms with van der Waals surface area (Å²) in [4.78, 5) is 12.6. The van der Waals surface area contributed by atoms with E-state index >= 15 is 0 Å². The van der Waals surface area contributed by atoms with Gasteiger partial charge in [-0.15, -0.1) is 0 Å². The molecule has 0 saturated carbocycles. The molecule has 1 N–H and O–H groups in total. The maximum absolute atomic E-state index is 12.6.